The van der Waals surface area contributed by atoms with E-state index >= 15 is 0 Å². The molecule has 0 N–H and O–H groups in total. The van der Waals surface area contributed by atoms with Gasteiger partial charge >= 0.3 is 0 Å². The fraction of sp³-hybridized carbons (Fsp3) is 0.500. The maximum Gasteiger partial charge on any atom is 0 e. The summed E-state index contributed by atoms with van der Waals surface area (Å²) >= 11 is 0. The van der Waals surface area contributed by atoms with Gasteiger partial charge in [-0.3, -0.25) is 0 Å². The van der Waals surface area contributed by atoms with Crippen LogP contribution in [-0.4, -0.2) is 0 Å². The van der Waals surface area contributed by atoms with E-state index in [1.807, 2.05) is 0 Å². The van der Waals surface area contributed by atoms with Gasteiger partial charge in [-0.05, 0) is 51.4 Å². The smallest absolute Gasteiger partial charge is 0 e. The van der Waals surface area contributed by atoms with E-state index in [9.17, 15) is 0 Å². The Morgan fingerprint density at radius 1 is 0.294 bits per heavy atom. The minimum Gasteiger partial charge on any atom is -0.0882 e. The van der Waals surface area contributed by atoms with Gasteiger partial charge in [0.2, 0.25) is 0 Å². The number of rotatable bonds is 0. The van der Waals surface area contributed by atoms with Crippen molar-refractivity contribution in [1.82, 2.24) is 0 Å². The van der Waals surface area contributed by atoms with Crippen LogP contribution in [-0.2, 0) is 16.5 Å². The molecule has 1 heteroatoms. The summed E-state index contributed by atoms with van der Waals surface area (Å²) < 4.78 is 0. The van der Waals surface area contributed by atoms with E-state index in [0.29, 0.717) is 0 Å². The quantitative estimate of drug-likeness (QED) is 0.413. The molecule has 0 saturated carbocycles. The van der Waals surface area contributed by atoms with Crippen LogP contribution in [0.25, 0.3) is 0 Å². The summed E-state index contributed by atoms with van der Waals surface area (Å²) in [5.74, 6) is 0. The zero-order valence-electron chi connectivity index (χ0n) is 10.6. The summed E-state index contributed by atoms with van der Waals surface area (Å²) in [6, 6.07) is 0. The third-order valence-electron chi connectivity index (χ3n) is 2.67. The molecule has 0 heterocycles. The second kappa shape index (κ2) is 13.5. The third-order valence-corrected chi connectivity index (χ3v) is 2.67. The molecular formula is C16H24Ni. The molecule has 0 aliphatic heterocycles. The number of allylic oxidation sites excluding steroid dienone is 8. The molecule has 0 radical (unpaired) electrons. The van der Waals surface area contributed by atoms with Crippen molar-refractivity contribution in [2.75, 3.05) is 0 Å². The van der Waals surface area contributed by atoms with Crippen LogP contribution in [0.3, 0.4) is 0 Å². The van der Waals surface area contributed by atoms with E-state index in [2.05, 4.69) is 48.6 Å². The van der Waals surface area contributed by atoms with Gasteiger partial charge in [0, 0.05) is 16.5 Å². The van der Waals surface area contributed by atoms with Crippen molar-refractivity contribution in [2.24, 2.45) is 0 Å². The SMILES string of the molecule is C1=CCCC=CCC1.C1=CCCC=CCC1.[Ni]. The summed E-state index contributed by atoms with van der Waals surface area (Å²) in [4.78, 5) is 0. The van der Waals surface area contributed by atoms with E-state index in [-0.39, 0.29) is 16.5 Å². The third kappa shape index (κ3) is 11.7. The first-order valence-corrected chi connectivity index (χ1v) is 6.60. The zero-order chi connectivity index (χ0) is 11.3. The molecule has 0 saturated heterocycles. The van der Waals surface area contributed by atoms with Crippen LogP contribution in [0.1, 0.15) is 51.4 Å². The monoisotopic (exact) mass is 274 g/mol. The summed E-state index contributed by atoms with van der Waals surface area (Å²) in [5, 5.41) is 0. The Bertz CT molecular complexity index is 179. The molecule has 0 aromatic heterocycles. The van der Waals surface area contributed by atoms with Crippen molar-refractivity contribution in [3.05, 3.63) is 48.6 Å². The standard InChI is InChI=1S/2C8H12.Ni/c2*1-2-4-6-8-7-5-3-1;/h2*1-2,7-8H,3-6H2;. The van der Waals surface area contributed by atoms with E-state index in [4.69, 9.17) is 0 Å². The minimum atomic E-state index is 0. The Balaban J connectivity index is 0.000000284. The molecule has 0 atom stereocenters. The Kier molecular flexibility index (Phi) is 13.1. The van der Waals surface area contributed by atoms with Gasteiger partial charge in [0.25, 0.3) is 0 Å². The van der Waals surface area contributed by atoms with Gasteiger partial charge in [-0.1, -0.05) is 48.6 Å². The van der Waals surface area contributed by atoms with Crippen molar-refractivity contribution >= 4 is 0 Å². The van der Waals surface area contributed by atoms with E-state index < -0.39 is 0 Å². The second-order valence-corrected chi connectivity index (χ2v) is 4.20. The first kappa shape index (κ1) is 16.5. The predicted octanol–water partition coefficient (Wildman–Crippen LogP) is 5.34. The van der Waals surface area contributed by atoms with Crippen LogP contribution in [0.4, 0.5) is 0 Å². The molecule has 0 amide bonds. The molecule has 2 rings (SSSR count). The largest absolute Gasteiger partial charge is 0.0882 e. The fourth-order valence-electron chi connectivity index (χ4n) is 1.71. The Hall–Kier alpha value is -0.546. The summed E-state index contributed by atoms with van der Waals surface area (Å²) in [6.07, 6.45) is 28.0. The summed E-state index contributed by atoms with van der Waals surface area (Å²) in [7, 11) is 0. The molecule has 0 nitrogen and oxygen atoms in total. The molecule has 17 heavy (non-hydrogen) atoms. The molecule has 2 aliphatic carbocycles. The minimum absolute atomic E-state index is 0. The molecule has 0 aromatic carbocycles. The predicted molar refractivity (Wildman–Crippen MR) is 73.5 cm³/mol. The topological polar surface area (TPSA) is 0 Å². The van der Waals surface area contributed by atoms with E-state index in [1.54, 1.807) is 0 Å². The molecule has 0 fully saturated rings. The van der Waals surface area contributed by atoms with Crippen molar-refractivity contribution < 1.29 is 16.5 Å². The van der Waals surface area contributed by atoms with Crippen molar-refractivity contribution in [3.63, 3.8) is 0 Å². The normalized spacial score (nSPS) is 18.8. The first-order valence-electron chi connectivity index (χ1n) is 6.60. The van der Waals surface area contributed by atoms with E-state index in [1.165, 1.54) is 51.4 Å². The maximum absolute atomic E-state index is 2.27. The van der Waals surface area contributed by atoms with Crippen LogP contribution in [0.2, 0.25) is 0 Å². The molecule has 0 unspecified atom stereocenters. The first-order chi connectivity index (χ1) is 8.00. The fourth-order valence-corrected chi connectivity index (χ4v) is 1.71. The molecule has 2 aliphatic rings. The van der Waals surface area contributed by atoms with Crippen molar-refractivity contribution in [3.8, 4) is 0 Å². The van der Waals surface area contributed by atoms with E-state index in [0.717, 1.165) is 0 Å². The molecule has 0 bridgehead atoms. The van der Waals surface area contributed by atoms with Crippen LogP contribution in [0.15, 0.2) is 48.6 Å². The van der Waals surface area contributed by atoms with Crippen LogP contribution in [0.5, 0.6) is 0 Å². The van der Waals surface area contributed by atoms with Gasteiger partial charge in [0.1, 0.15) is 0 Å². The van der Waals surface area contributed by atoms with Gasteiger partial charge < -0.3 is 0 Å². The zero-order valence-corrected chi connectivity index (χ0v) is 11.6. The summed E-state index contributed by atoms with van der Waals surface area (Å²) in [6.45, 7) is 0. The molecule has 98 valence electrons. The Morgan fingerprint density at radius 3 is 0.529 bits per heavy atom. The molecule has 0 aromatic rings. The summed E-state index contributed by atoms with van der Waals surface area (Å²) in [5.41, 5.74) is 0. The van der Waals surface area contributed by atoms with Crippen LogP contribution >= 0.6 is 0 Å². The van der Waals surface area contributed by atoms with Gasteiger partial charge in [0.05, 0.1) is 0 Å². The van der Waals surface area contributed by atoms with Gasteiger partial charge in [-0.15, -0.1) is 0 Å². The number of hydrogen-bond donors (Lipinski definition) is 0. The Morgan fingerprint density at radius 2 is 0.412 bits per heavy atom. The molecular weight excluding hydrogens is 251 g/mol. The van der Waals surface area contributed by atoms with Crippen molar-refractivity contribution in [1.29, 1.82) is 0 Å². The van der Waals surface area contributed by atoms with Gasteiger partial charge in [0.15, 0.2) is 0 Å². The average molecular weight is 275 g/mol. The van der Waals surface area contributed by atoms with Gasteiger partial charge in [-0.2, -0.15) is 0 Å². The number of hydrogen-bond acceptors (Lipinski definition) is 0. The Labute approximate surface area is 116 Å². The van der Waals surface area contributed by atoms with Gasteiger partial charge in [-0.25, -0.2) is 0 Å². The average Bonchev–Trinajstić information content (AvgIpc) is 2.15. The molecule has 0 spiro atoms. The van der Waals surface area contributed by atoms with Crippen molar-refractivity contribution in [2.45, 2.75) is 51.4 Å². The maximum atomic E-state index is 2.27. The van der Waals surface area contributed by atoms with Crippen LogP contribution < -0.4 is 0 Å². The van der Waals surface area contributed by atoms with Crippen LogP contribution in [0, 0.1) is 0 Å². The second-order valence-electron chi connectivity index (χ2n) is 4.20.